The van der Waals surface area contributed by atoms with E-state index in [9.17, 15) is 0 Å². The summed E-state index contributed by atoms with van der Waals surface area (Å²) in [7, 11) is 0. The average molecular weight is 1810 g/mol. The summed E-state index contributed by atoms with van der Waals surface area (Å²) >= 11 is 3.71. The molecule has 0 aliphatic heterocycles. The minimum Gasteiger partial charge on any atom is -0.310 e. The van der Waals surface area contributed by atoms with Gasteiger partial charge in [-0.15, -0.1) is 22.7 Å². The predicted molar refractivity (Wildman–Crippen MR) is 584 cm³/mol. The zero-order valence-electron chi connectivity index (χ0n) is 76.0. The molecule has 0 fully saturated rings. The standard InChI is InChI=1S/C44H33N3.C42H29N3S.C41H27N3S/c1-44(2)37-17-8-6-15-34(37)35-27-26-33(29-38(35)44)46(31-13-4-3-5-14-31)41-20-12-21-42-43(41)36-16-7-9-19-40(36)47(42)32-24-22-30(23-25-32)39-18-10-11-28-45-39;1-28-16-20-30(21-17-28)44(32-24-25-41-35(27-32)33-9-3-5-15-40(33)46-41)38-13-8-14-39-42(38)34-10-2-4-12-37(34)45(39)31-22-18-29(19-23-31)36-11-6-7-26-43-36;1-2-11-29(12-3-1)43(31-24-25-40-34(27-31)32-13-5-7-19-39(32)45-40)37-17-10-18-38-41(37)33-14-4-6-16-36(33)44(38)30-22-20-28(21-23-30)35-15-8-9-26-42-35/h3-29H,1-2H3;2-27H,1H3;1-27H. The second-order valence-electron chi connectivity index (χ2n) is 35.8. The number of benzene rings is 18. The Labute approximate surface area is 807 Å². The minimum atomic E-state index is -0.0895. The van der Waals surface area contributed by atoms with Crippen molar-refractivity contribution in [3.05, 3.63) is 502 Å². The quantitative estimate of drug-likeness (QED) is 0.102. The summed E-state index contributed by atoms with van der Waals surface area (Å²) in [5, 5.41) is 12.5. The van der Waals surface area contributed by atoms with Crippen LogP contribution in [0.15, 0.2) is 486 Å². The maximum absolute atomic E-state index is 4.56. The Bertz CT molecular complexity index is 9100. The maximum Gasteiger partial charge on any atom is 0.0701 e. The van der Waals surface area contributed by atoms with Crippen LogP contribution in [-0.4, -0.2) is 28.7 Å². The molecular formula is C127H89N9S2. The van der Waals surface area contributed by atoms with E-state index in [1.165, 1.54) is 134 Å². The van der Waals surface area contributed by atoms with E-state index in [0.29, 0.717) is 0 Å². The summed E-state index contributed by atoms with van der Waals surface area (Å²) < 4.78 is 12.4. The van der Waals surface area contributed by atoms with E-state index < -0.39 is 0 Å². The number of nitrogens with zero attached hydrogens (tertiary/aromatic N) is 9. The predicted octanol–water partition coefficient (Wildman–Crippen LogP) is 35.3. The van der Waals surface area contributed by atoms with Crippen molar-refractivity contribution in [2.45, 2.75) is 26.2 Å². The fourth-order valence-electron chi connectivity index (χ4n) is 21.0. The molecule has 18 aromatic carbocycles. The summed E-state index contributed by atoms with van der Waals surface area (Å²) in [5.74, 6) is 0. The van der Waals surface area contributed by atoms with Crippen molar-refractivity contribution in [3.63, 3.8) is 0 Å². The Morgan fingerprint density at radius 2 is 0.536 bits per heavy atom. The lowest BCUT2D eigenvalue weighted by molar-refractivity contribution is 0.660. The van der Waals surface area contributed by atoms with Gasteiger partial charge in [0.15, 0.2) is 0 Å². The molecule has 0 saturated heterocycles. The summed E-state index contributed by atoms with van der Waals surface area (Å²) in [6, 6.07) is 168. The minimum absolute atomic E-state index is 0.0895. The SMILES string of the molecule is CC1(C)c2ccccc2-c2ccc(N(c3ccccc3)c3cccc4c3c3ccccc3n4-c3ccc(-c4ccccn4)cc3)cc21.Cc1ccc(N(c2ccc3sc4ccccc4c3c2)c2cccc3c2c2ccccc2n3-c2ccc(-c3ccccn3)cc2)cc1.c1ccc(N(c2ccc3sc4ccccc4c3c2)c2cccc3c2c2ccccc2n3-c2ccc(-c3ccccn3)cc2)cc1. The van der Waals surface area contributed by atoms with E-state index in [1.807, 2.05) is 77.7 Å². The lowest BCUT2D eigenvalue weighted by Gasteiger charge is -2.28. The Kier molecular flexibility index (Phi) is 20.7. The first-order valence-corrected chi connectivity index (χ1v) is 48.6. The van der Waals surface area contributed by atoms with Gasteiger partial charge in [0.05, 0.1) is 67.2 Å². The van der Waals surface area contributed by atoms with E-state index in [2.05, 4.69) is 495 Å². The van der Waals surface area contributed by atoms with E-state index in [1.54, 1.807) is 0 Å². The van der Waals surface area contributed by atoms with Gasteiger partial charge in [0.2, 0.25) is 0 Å². The van der Waals surface area contributed by atoms with Crippen LogP contribution >= 0.6 is 22.7 Å². The highest BCUT2D eigenvalue weighted by Gasteiger charge is 2.37. The highest BCUT2D eigenvalue weighted by Crippen LogP contribution is 2.54. The third-order valence-corrected chi connectivity index (χ3v) is 29.7. The normalized spacial score (nSPS) is 12.1. The van der Waals surface area contributed by atoms with Crippen LogP contribution in [0.5, 0.6) is 0 Å². The molecule has 1 aliphatic carbocycles. The van der Waals surface area contributed by atoms with E-state index in [0.717, 1.165) is 102 Å². The summed E-state index contributed by atoms with van der Waals surface area (Å²) in [5.41, 5.74) is 33.5. The summed E-state index contributed by atoms with van der Waals surface area (Å²) in [6.45, 7) is 6.84. The molecule has 0 atom stereocenters. The number of hydrogen-bond donors (Lipinski definition) is 0. The van der Waals surface area contributed by atoms with Crippen molar-refractivity contribution >= 4 is 180 Å². The largest absolute Gasteiger partial charge is 0.310 e. The van der Waals surface area contributed by atoms with Crippen LogP contribution in [0.3, 0.4) is 0 Å². The van der Waals surface area contributed by atoms with Crippen molar-refractivity contribution in [1.29, 1.82) is 0 Å². The van der Waals surface area contributed by atoms with Crippen molar-refractivity contribution in [2.75, 3.05) is 14.7 Å². The van der Waals surface area contributed by atoms with Gasteiger partial charge >= 0.3 is 0 Å². The van der Waals surface area contributed by atoms with Gasteiger partial charge in [-0.2, -0.15) is 0 Å². The molecule has 138 heavy (non-hydrogen) atoms. The second kappa shape index (κ2) is 34.6. The number of fused-ring (bicyclic) bond motifs is 18. The maximum atomic E-state index is 4.56. The van der Waals surface area contributed by atoms with E-state index >= 15 is 0 Å². The fraction of sp³-hybridized carbons (Fsp3) is 0.0315. The fourth-order valence-corrected chi connectivity index (χ4v) is 23.2. The highest BCUT2D eigenvalue weighted by molar-refractivity contribution is 7.26. The zero-order chi connectivity index (χ0) is 91.9. The molecule has 0 bridgehead atoms. The number of para-hydroxylation sites is 5. The zero-order valence-corrected chi connectivity index (χ0v) is 77.7. The van der Waals surface area contributed by atoms with Gasteiger partial charge in [-0.1, -0.05) is 262 Å². The number of thiophene rings is 2. The Hall–Kier alpha value is -17.4. The first kappa shape index (κ1) is 82.5. The van der Waals surface area contributed by atoms with Crippen molar-refractivity contribution < 1.29 is 0 Å². The molecule has 8 aromatic heterocycles. The van der Waals surface area contributed by atoms with E-state index in [4.69, 9.17) is 0 Å². The Morgan fingerprint density at radius 1 is 0.225 bits per heavy atom. The van der Waals surface area contributed by atoms with Crippen molar-refractivity contribution in [2.24, 2.45) is 0 Å². The van der Waals surface area contributed by atoms with Crippen LogP contribution in [0.25, 0.3) is 168 Å². The molecule has 27 rings (SSSR count). The third kappa shape index (κ3) is 14.4. The molecule has 0 amide bonds. The number of aryl methyl sites for hydroxylation is 1. The molecule has 0 unspecified atom stereocenters. The van der Waals surface area contributed by atoms with Gasteiger partial charge in [-0.05, 0) is 254 Å². The molecule has 0 radical (unpaired) electrons. The van der Waals surface area contributed by atoms with Gasteiger partial charge in [-0.25, -0.2) is 0 Å². The molecule has 1 aliphatic rings. The van der Waals surface area contributed by atoms with Crippen LogP contribution in [0.4, 0.5) is 51.2 Å². The van der Waals surface area contributed by atoms with Crippen LogP contribution in [0.2, 0.25) is 0 Å². The number of rotatable bonds is 15. The Balaban J connectivity index is 0.000000110. The lowest BCUT2D eigenvalue weighted by Crippen LogP contribution is -2.16. The third-order valence-electron chi connectivity index (χ3n) is 27.4. The lowest BCUT2D eigenvalue weighted by atomic mass is 9.82. The second-order valence-corrected chi connectivity index (χ2v) is 38.0. The topological polar surface area (TPSA) is 63.2 Å². The monoisotopic (exact) mass is 1800 g/mol. The molecule has 654 valence electrons. The number of hydrogen-bond acceptors (Lipinski definition) is 8. The highest BCUT2D eigenvalue weighted by atomic mass is 32.1. The van der Waals surface area contributed by atoms with Gasteiger partial charge in [0, 0.05) is 165 Å². The molecule has 26 aromatic rings. The molecule has 11 heteroatoms. The smallest absolute Gasteiger partial charge is 0.0701 e. The van der Waals surface area contributed by atoms with Crippen LogP contribution in [0, 0.1) is 6.92 Å². The van der Waals surface area contributed by atoms with Crippen molar-refractivity contribution in [3.8, 4) is 62.0 Å². The first-order chi connectivity index (χ1) is 68.1. The van der Waals surface area contributed by atoms with E-state index in [-0.39, 0.29) is 5.41 Å². The molecule has 0 spiro atoms. The summed E-state index contributed by atoms with van der Waals surface area (Å²) in [4.78, 5) is 20.9. The van der Waals surface area contributed by atoms with Crippen LogP contribution in [-0.2, 0) is 5.41 Å². The average Bonchev–Trinajstić information content (AvgIpc) is 1.58. The number of aromatic nitrogens is 6. The first-order valence-electron chi connectivity index (χ1n) is 46.9. The van der Waals surface area contributed by atoms with Crippen LogP contribution < -0.4 is 14.7 Å². The van der Waals surface area contributed by atoms with Gasteiger partial charge in [0.1, 0.15) is 0 Å². The van der Waals surface area contributed by atoms with Crippen LogP contribution in [0.1, 0.15) is 30.5 Å². The number of pyridine rings is 3. The van der Waals surface area contributed by atoms with Gasteiger partial charge in [0.25, 0.3) is 0 Å². The van der Waals surface area contributed by atoms with Gasteiger partial charge in [-0.3, -0.25) is 15.0 Å². The molecule has 8 heterocycles. The van der Waals surface area contributed by atoms with Crippen molar-refractivity contribution in [1.82, 2.24) is 28.7 Å². The molecule has 0 N–H and O–H groups in total. The summed E-state index contributed by atoms with van der Waals surface area (Å²) in [6.07, 6.45) is 5.53. The molecule has 9 nitrogen and oxygen atoms in total. The molecule has 0 saturated carbocycles. The van der Waals surface area contributed by atoms with Gasteiger partial charge < -0.3 is 28.4 Å². The Morgan fingerprint density at radius 3 is 0.935 bits per heavy atom. The number of anilines is 9. The molecular weight excluding hydrogens is 1720 g/mol.